The number of nitrogens with zero attached hydrogens (tertiary/aromatic N) is 2. The molecule has 0 radical (unpaired) electrons. The highest BCUT2D eigenvalue weighted by Crippen LogP contribution is 2.25. The van der Waals surface area contributed by atoms with Crippen LogP contribution in [0.25, 0.3) is 0 Å². The summed E-state index contributed by atoms with van der Waals surface area (Å²) in [6.07, 6.45) is 0. The van der Waals surface area contributed by atoms with Gasteiger partial charge in [0.15, 0.2) is 0 Å². The van der Waals surface area contributed by atoms with E-state index in [0.29, 0.717) is 11.2 Å². The summed E-state index contributed by atoms with van der Waals surface area (Å²) in [7, 11) is 0. The summed E-state index contributed by atoms with van der Waals surface area (Å²) in [6, 6.07) is 0.0181. The van der Waals surface area contributed by atoms with Gasteiger partial charge in [0.05, 0.1) is 6.04 Å². The number of urea groups is 1. The highest BCUT2D eigenvalue weighted by molar-refractivity contribution is 8.00. The summed E-state index contributed by atoms with van der Waals surface area (Å²) in [5.74, 6) is 1.63. The molecular weight excluding hydrogens is 290 g/mol. The first-order valence-corrected chi connectivity index (χ1v) is 8.99. The smallest absolute Gasteiger partial charge is 0.318 e. The summed E-state index contributed by atoms with van der Waals surface area (Å²) in [5, 5.41) is 6.61. The van der Waals surface area contributed by atoms with Crippen molar-refractivity contribution in [2.24, 2.45) is 5.92 Å². The van der Waals surface area contributed by atoms with Gasteiger partial charge in [0.1, 0.15) is 5.01 Å². The molecule has 1 fully saturated rings. The highest BCUT2D eigenvalue weighted by atomic mass is 32.2. The van der Waals surface area contributed by atoms with Gasteiger partial charge < -0.3 is 10.2 Å². The molecule has 0 saturated carbocycles. The topological polar surface area (TPSA) is 45.2 Å². The van der Waals surface area contributed by atoms with E-state index in [1.807, 2.05) is 35.9 Å². The molecule has 1 aromatic heterocycles. The van der Waals surface area contributed by atoms with Gasteiger partial charge in [-0.1, -0.05) is 13.8 Å². The summed E-state index contributed by atoms with van der Waals surface area (Å²) >= 11 is 3.58. The fraction of sp³-hybridized carbons (Fsp3) is 0.714. The largest absolute Gasteiger partial charge is 0.329 e. The minimum Gasteiger partial charge on any atom is -0.329 e. The molecule has 2 rings (SSSR count). The van der Waals surface area contributed by atoms with Crippen LogP contribution in [0.5, 0.6) is 0 Å². The number of amides is 2. The second kappa shape index (κ2) is 6.80. The van der Waals surface area contributed by atoms with Crippen molar-refractivity contribution < 1.29 is 4.79 Å². The normalized spacial score (nSPS) is 21.1. The number of carbonyl (C=O) groups excluding carboxylic acids is 1. The van der Waals surface area contributed by atoms with Crippen LogP contribution in [-0.4, -0.2) is 40.0 Å². The molecular formula is C14H23N3OS2. The van der Waals surface area contributed by atoms with Crippen LogP contribution in [0, 0.1) is 12.8 Å². The van der Waals surface area contributed by atoms with Crippen LogP contribution in [0.2, 0.25) is 0 Å². The summed E-state index contributed by atoms with van der Waals surface area (Å²) < 4.78 is 0. The molecule has 2 amide bonds. The monoisotopic (exact) mass is 313 g/mol. The van der Waals surface area contributed by atoms with E-state index in [9.17, 15) is 4.79 Å². The SMILES string of the molecule is Cc1csc([C@@H](C)NC(=O)N2CCS[C@H](C(C)C)C2)n1. The molecule has 0 aliphatic carbocycles. The first-order chi connectivity index (χ1) is 9.47. The lowest BCUT2D eigenvalue weighted by molar-refractivity contribution is 0.194. The number of carbonyl (C=O) groups is 1. The van der Waals surface area contributed by atoms with Crippen LogP contribution in [0.15, 0.2) is 5.38 Å². The van der Waals surface area contributed by atoms with Gasteiger partial charge in [-0.2, -0.15) is 11.8 Å². The average molecular weight is 313 g/mol. The van der Waals surface area contributed by atoms with Crippen molar-refractivity contribution in [2.45, 2.75) is 39.0 Å². The van der Waals surface area contributed by atoms with Crippen molar-refractivity contribution in [3.63, 3.8) is 0 Å². The molecule has 2 atom stereocenters. The van der Waals surface area contributed by atoms with Crippen molar-refractivity contribution in [2.75, 3.05) is 18.8 Å². The van der Waals surface area contributed by atoms with E-state index in [4.69, 9.17) is 0 Å². The van der Waals surface area contributed by atoms with Gasteiger partial charge in [-0.3, -0.25) is 0 Å². The number of hydrogen-bond acceptors (Lipinski definition) is 4. The molecule has 6 heteroatoms. The van der Waals surface area contributed by atoms with Gasteiger partial charge in [-0.25, -0.2) is 9.78 Å². The Kier molecular flexibility index (Phi) is 5.32. The predicted octanol–water partition coefficient (Wildman–Crippen LogP) is 3.30. The molecule has 0 spiro atoms. The quantitative estimate of drug-likeness (QED) is 0.931. The number of thiazole rings is 1. The van der Waals surface area contributed by atoms with Crippen LogP contribution < -0.4 is 5.32 Å². The number of aromatic nitrogens is 1. The average Bonchev–Trinajstić information content (AvgIpc) is 2.85. The fourth-order valence-electron chi connectivity index (χ4n) is 2.17. The summed E-state index contributed by atoms with van der Waals surface area (Å²) in [4.78, 5) is 18.7. The molecule has 0 aromatic carbocycles. The van der Waals surface area contributed by atoms with Gasteiger partial charge in [0.25, 0.3) is 0 Å². The minimum absolute atomic E-state index is 0.0201. The Morgan fingerprint density at radius 2 is 2.25 bits per heavy atom. The Balaban J connectivity index is 1.91. The van der Waals surface area contributed by atoms with Crippen molar-refractivity contribution in [3.8, 4) is 0 Å². The van der Waals surface area contributed by atoms with Crippen LogP contribution >= 0.6 is 23.1 Å². The van der Waals surface area contributed by atoms with Crippen LogP contribution in [0.4, 0.5) is 4.79 Å². The van der Waals surface area contributed by atoms with E-state index >= 15 is 0 Å². The van der Waals surface area contributed by atoms with E-state index in [1.54, 1.807) is 11.3 Å². The Hall–Kier alpha value is -0.750. The third-order valence-corrected chi connectivity index (χ3v) is 6.16. The Labute approximate surface area is 129 Å². The second-order valence-corrected chi connectivity index (χ2v) is 7.83. The molecule has 4 nitrogen and oxygen atoms in total. The Bertz CT molecular complexity index is 461. The van der Waals surface area contributed by atoms with Crippen molar-refractivity contribution in [1.29, 1.82) is 0 Å². The van der Waals surface area contributed by atoms with E-state index in [0.717, 1.165) is 29.5 Å². The van der Waals surface area contributed by atoms with Crippen LogP contribution in [0.3, 0.4) is 0 Å². The zero-order valence-corrected chi connectivity index (χ0v) is 14.2. The third kappa shape index (κ3) is 3.88. The standard InChI is InChI=1S/C14H23N3OS2/c1-9(2)12-7-17(5-6-19-12)14(18)16-11(4)13-15-10(3)8-20-13/h8-9,11-12H,5-7H2,1-4H3,(H,16,18)/t11-,12+/m1/s1. The van der Waals surface area contributed by atoms with Crippen LogP contribution in [-0.2, 0) is 0 Å². The number of thioether (sulfide) groups is 1. The molecule has 1 aliphatic rings. The molecule has 112 valence electrons. The molecule has 1 N–H and O–H groups in total. The van der Waals surface area contributed by atoms with Gasteiger partial charge in [-0.05, 0) is 19.8 Å². The van der Waals surface area contributed by atoms with Crippen LogP contribution in [0.1, 0.15) is 37.5 Å². The maximum absolute atomic E-state index is 12.3. The van der Waals surface area contributed by atoms with E-state index in [2.05, 4.69) is 24.1 Å². The minimum atomic E-state index is -0.0201. The predicted molar refractivity (Wildman–Crippen MR) is 86.5 cm³/mol. The molecule has 1 saturated heterocycles. The van der Waals surface area contributed by atoms with Gasteiger partial charge in [-0.15, -0.1) is 11.3 Å². The number of nitrogens with one attached hydrogen (secondary N) is 1. The third-order valence-electron chi connectivity index (χ3n) is 3.47. The summed E-state index contributed by atoms with van der Waals surface area (Å²) in [5.41, 5.74) is 1.01. The first kappa shape index (κ1) is 15.6. The Morgan fingerprint density at radius 1 is 1.50 bits per heavy atom. The molecule has 1 aromatic rings. The number of aryl methyl sites for hydroxylation is 1. The molecule has 20 heavy (non-hydrogen) atoms. The van der Waals surface area contributed by atoms with E-state index < -0.39 is 0 Å². The number of rotatable bonds is 3. The molecule has 0 unspecified atom stereocenters. The van der Waals surface area contributed by atoms with Crippen molar-refractivity contribution in [1.82, 2.24) is 15.2 Å². The van der Waals surface area contributed by atoms with Crippen molar-refractivity contribution in [3.05, 3.63) is 16.1 Å². The fourth-order valence-corrected chi connectivity index (χ4v) is 4.28. The maximum atomic E-state index is 12.3. The molecule has 0 bridgehead atoms. The lowest BCUT2D eigenvalue weighted by Gasteiger charge is -2.34. The van der Waals surface area contributed by atoms with E-state index in [-0.39, 0.29) is 12.1 Å². The maximum Gasteiger partial charge on any atom is 0.318 e. The molecule has 2 heterocycles. The lowest BCUT2D eigenvalue weighted by atomic mass is 10.1. The first-order valence-electron chi connectivity index (χ1n) is 7.06. The molecule has 1 aliphatic heterocycles. The Morgan fingerprint density at radius 3 is 2.85 bits per heavy atom. The zero-order chi connectivity index (χ0) is 14.7. The summed E-state index contributed by atoms with van der Waals surface area (Å²) in [6.45, 7) is 10.1. The lowest BCUT2D eigenvalue weighted by Crippen LogP contribution is -2.48. The van der Waals surface area contributed by atoms with Crippen molar-refractivity contribution >= 4 is 29.1 Å². The second-order valence-electron chi connectivity index (χ2n) is 5.60. The van der Waals surface area contributed by atoms with Gasteiger partial charge in [0, 0.05) is 35.2 Å². The number of hydrogen-bond donors (Lipinski definition) is 1. The van der Waals surface area contributed by atoms with E-state index in [1.165, 1.54) is 0 Å². The van der Waals surface area contributed by atoms with Gasteiger partial charge in [0.2, 0.25) is 0 Å². The van der Waals surface area contributed by atoms with Gasteiger partial charge >= 0.3 is 6.03 Å². The highest BCUT2D eigenvalue weighted by Gasteiger charge is 2.27. The zero-order valence-electron chi connectivity index (χ0n) is 12.5.